The summed E-state index contributed by atoms with van der Waals surface area (Å²) in [5, 5.41) is 15.2. The Balaban J connectivity index is 1.81. The number of aromatic nitrogens is 4. The minimum Gasteiger partial charge on any atom is -0.344 e. The molecule has 0 fully saturated rings. The fourth-order valence-corrected chi connectivity index (χ4v) is 3.87. The molecule has 0 radical (unpaired) electrons. The molecule has 40 heavy (non-hydrogen) atoms. The quantitative estimate of drug-likeness (QED) is 0.191. The predicted molar refractivity (Wildman–Crippen MR) is 162 cm³/mol. The van der Waals surface area contributed by atoms with Crippen LogP contribution in [0, 0.1) is 38.5 Å². The molecule has 214 valence electrons. The number of benzene rings is 1. The summed E-state index contributed by atoms with van der Waals surface area (Å²) in [6.45, 7) is 18.7. The minimum absolute atomic E-state index is 0.258. The molecule has 0 saturated heterocycles. The molecule has 1 aromatic carbocycles. The van der Waals surface area contributed by atoms with Crippen molar-refractivity contribution < 1.29 is 9.32 Å². The number of aryl methyl sites for hydroxylation is 3. The molecule has 0 saturated carbocycles. The Morgan fingerprint density at radius 1 is 1.15 bits per heavy atom. The second-order valence-corrected chi connectivity index (χ2v) is 11.0. The molecule has 9 nitrogen and oxygen atoms in total. The van der Waals surface area contributed by atoms with Gasteiger partial charge in [0.2, 0.25) is 0 Å². The van der Waals surface area contributed by atoms with E-state index in [-0.39, 0.29) is 18.3 Å². The highest BCUT2D eigenvalue weighted by molar-refractivity contribution is 5.95. The number of carbonyl (C=O) groups excluding carboxylic acids is 1. The molecule has 2 aromatic heterocycles. The zero-order chi connectivity index (χ0) is 29.4. The number of imidazole rings is 1. The lowest BCUT2D eigenvalue weighted by molar-refractivity contribution is 0.0950. The largest absolute Gasteiger partial charge is 0.344 e. The van der Waals surface area contributed by atoms with E-state index in [1.807, 2.05) is 33.1 Å². The third-order valence-electron chi connectivity index (χ3n) is 7.14. The van der Waals surface area contributed by atoms with Crippen molar-refractivity contribution in [3.8, 4) is 11.3 Å². The predicted octanol–water partition coefficient (Wildman–Crippen LogP) is 6.83. The van der Waals surface area contributed by atoms with Crippen LogP contribution >= 0.6 is 0 Å². The number of amides is 1. The van der Waals surface area contributed by atoms with Gasteiger partial charge in [-0.3, -0.25) is 4.79 Å². The normalized spacial score (nSPS) is 14.2. The summed E-state index contributed by atoms with van der Waals surface area (Å²) in [6, 6.07) is 6.18. The number of nitrogens with zero attached hydrogens (tertiary/aromatic N) is 5. The molecule has 0 aliphatic heterocycles. The van der Waals surface area contributed by atoms with E-state index < -0.39 is 0 Å². The van der Waals surface area contributed by atoms with E-state index in [4.69, 9.17) is 4.52 Å². The maximum atomic E-state index is 12.8. The summed E-state index contributed by atoms with van der Waals surface area (Å²) < 4.78 is 5.52. The van der Waals surface area contributed by atoms with Gasteiger partial charge in [0.25, 0.3) is 11.8 Å². The van der Waals surface area contributed by atoms with Gasteiger partial charge < -0.3 is 14.8 Å². The Labute approximate surface area is 237 Å². The van der Waals surface area contributed by atoms with Crippen LogP contribution in [0.15, 0.2) is 32.9 Å². The fraction of sp³-hybridized carbons (Fsp3) is 0.484. The summed E-state index contributed by atoms with van der Waals surface area (Å²) in [6.07, 6.45) is 5.84. The summed E-state index contributed by atoms with van der Waals surface area (Å²) in [7, 11) is 0. The maximum Gasteiger partial charge on any atom is 0.287 e. The van der Waals surface area contributed by atoms with Gasteiger partial charge in [-0.1, -0.05) is 58.3 Å². The fourth-order valence-electron chi connectivity index (χ4n) is 3.87. The standard InChI is InChI=1S/C31H43N7O2/c1-10-19(4)13-27(31-35-24(9)38-40-31)15-26-14-25(12-11-20(26)5)28-23(8)34-29(36-28)30(39)32-17-22(7)37-33-16-21(6)18(2)3/h11-12,14-16,18-19,21H,10,13,17H2,1-9H3,(H,32,39)(H,34,36). The molecule has 3 aromatic rings. The lowest BCUT2D eigenvalue weighted by Crippen LogP contribution is -2.29. The van der Waals surface area contributed by atoms with Crippen LogP contribution in [0.4, 0.5) is 0 Å². The first-order valence-corrected chi connectivity index (χ1v) is 14.0. The van der Waals surface area contributed by atoms with Gasteiger partial charge in [-0.2, -0.15) is 15.2 Å². The molecular formula is C31H43N7O2. The van der Waals surface area contributed by atoms with Crippen LogP contribution in [0.25, 0.3) is 22.9 Å². The van der Waals surface area contributed by atoms with Gasteiger partial charge >= 0.3 is 0 Å². The molecule has 0 aliphatic carbocycles. The van der Waals surface area contributed by atoms with Crippen LogP contribution in [0.1, 0.15) is 93.5 Å². The smallest absolute Gasteiger partial charge is 0.287 e. The second-order valence-electron chi connectivity index (χ2n) is 11.0. The zero-order valence-electron chi connectivity index (χ0n) is 25.3. The highest BCUT2D eigenvalue weighted by Crippen LogP contribution is 2.30. The van der Waals surface area contributed by atoms with Gasteiger partial charge in [0, 0.05) is 23.0 Å². The van der Waals surface area contributed by atoms with E-state index in [0.717, 1.165) is 46.5 Å². The first-order chi connectivity index (χ1) is 19.0. The monoisotopic (exact) mass is 545 g/mol. The molecule has 2 N–H and O–H groups in total. The van der Waals surface area contributed by atoms with Crippen LogP contribution in [0.3, 0.4) is 0 Å². The van der Waals surface area contributed by atoms with Crippen molar-refractivity contribution in [3.05, 3.63) is 52.6 Å². The number of allylic oxidation sites excluding steroid dienone is 1. The van der Waals surface area contributed by atoms with Crippen LogP contribution in [-0.4, -0.2) is 44.5 Å². The van der Waals surface area contributed by atoms with E-state index in [2.05, 4.69) is 95.4 Å². The molecule has 1 amide bonds. The Morgan fingerprint density at radius 2 is 1.90 bits per heavy atom. The van der Waals surface area contributed by atoms with E-state index in [1.54, 1.807) is 0 Å². The average molecular weight is 546 g/mol. The molecule has 0 aliphatic rings. The topological polar surface area (TPSA) is 121 Å². The molecule has 0 spiro atoms. The molecule has 2 heterocycles. The van der Waals surface area contributed by atoms with Gasteiger partial charge in [0.05, 0.1) is 18.0 Å². The third-order valence-corrected chi connectivity index (χ3v) is 7.14. The summed E-state index contributed by atoms with van der Waals surface area (Å²) in [4.78, 5) is 25.1. The molecule has 3 rings (SSSR count). The Morgan fingerprint density at radius 3 is 2.55 bits per heavy atom. The SMILES string of the molecule is CCC(C)CC(=Cc1cc(-c2nc(C(=O)NCC(C)=NN=CC(C)C(C)C)[nH]c2C)ccc1C)c1nc(C)no1. The number of carbonyl (C=O) groups is 1. The minimum atomic E-state index is -0.293. The number of rotatable bonds is 12. The second kappa shape index (κ2) is 14.0. The Hall–Kier alpha value is -3.88. The average Bonchev–Trinajstić information content (AvgIpc) is 3.53. The van der Waals surface area contributed by atoms with Gasteiger partial charge in [-0.05, 0) is 75.1 Å². The molecule has 2 atom stereocenters. The molecule has 9 heteroatoms. The van der Waals surface area contributed by atoms with Crippen LogP contribution < -0.4 is 5.32 Å². The van der Waals surface area contributed by atoms with Gasteiger partial charge in [0.15, 0.2) is 11.6 Å². The molecule has 2 unspecified atom stereocenters. The number of aromatic amines is 1. The lowest BCUT2D eigenvalue weighted by Gasteiger charge is -2.11. The van der Waals surface area contributed by atoms with Gasteiger partial charge in [-0.25, -0.2) is 4.98 Å². The number of hydrogen-bond acceptors (Lipinski definition) is 7. The highest BCUT2D eigenvalue weighted by atomic mass is 16.5. The number of nitrogens with one attached hydrogen (secondary N) is 2. The molecule has 0 bridgehead atoms. The summed E-state index contributed by atoms with van der Waals surface area (Å²) in [5.74, 6) is 2.44. The van der Waals surface area contributed by atoms with Crippen molar-refractivity contribution in [1.29, 1.82) is 0 Å². The first-order valence-electron chi connectivity index (χ1n) is 14.0. The van der Waals surface area contributed by atoms with Crippen molar-refractivity contribution in [1.82, 2.24) is 25.4 Å². The summed E-state index contributed by atoms with van der Waals surface area (Å²) >= 11 is 0. The first kappa shape index (κ1) is 30.7. The third kappa shape index (κ3) is 8.31. The Bertz CT molecular complexity index is 1390. The van der Waals surface area contributed by atoms with Gasteiger partial charge in [0.1, 0.15) is 0 Å². The van der Waals surface area contributed by atoms with Crippen LogP contribution in [0.5, 0.6) is 0 Å². The number of hydrogen-bond donors (Lipinski definition) is 2. The Kier molecular flexibility index (Phi) is 10.7. The van der Waals surface area contributed by atoms with Crippen molar-refractivity contribution in [2.75, 3.05) is 6.54 Å². The van der Waals surface area contributed by atoms with Crippen molar-refractivity contribution in [2.24, 2.45) is 28.0 Å². The lowest BCUT2D eigenvalue weighted by atomic mass is 9.95. The van der Waals surface area contributed by atoms with Gasteiger partial charge in [-0.15, -0.1) is 0 Å². The zero-order valence-corrected chi connectivity index (χ0v) is 25.3. The van der Waals surface area contributed by atoms with Crippen molar-refractivity contribution >= 4 is 29.5 Å². The van der Waals surface area contributed by atoms with Crippen molar-refractivity contribution in [3.63, 3.8) is 0 Å². The van der Waals surface area contributed by atoms with E-state index in [0.29, 0.717) is 35.2 Å². The van der Waals surface area contributed by atoms with E-state index in [1.165, 1.54) is 0 Å². The van der Waals surface area contributed by atoms with E-state index >= 15 is 0 Å². The number of H-pyrrole nitrogens is 1. The maximum absolute atomic E-state index is 12.8. The molecular weight excluding hydrogens is 502 g/mol. The van der Waals surface area contributed by atoms with Crippen molar-refractivity contribution in [2.45, 2.75) is 75.2 Å². The van der Waals surface area contributed by atoms with Crippen LogP contribution in [0.2, 0.25) is 0 Å². The highest BCUT2D eigenvalue weighted by Gasteiger charge is 2.17. The summed E-state index contributed by atoms with van der Waals surface area (Å²) in [5.41, 5.74) is 6.34. The van der Waals surface area contributed by atoms with E-state index in [9.17, 15) is 4.79 Å². The van der Waals surface area contributed by atoms with Crippen LogP contribution in [-0.2, 0) is 0 Å².